The Morgan fingerprint density at radius 1 is 1.09 bits per heavy atom. The Hall–Kier alpha value is 1.40. The fourth-order valence-electron chi connectivity index (χ4n) is 2.18. The van der Waals surface area contributed by atoms with Crippen molar-refractivity contribution in [2.45, 2.75) is 24.8 Å². The molecule has 160 valence electrons. The quantitative estimate of drug-likeness (QED) is 0.253. The van der Waals surface area contributed by atoms with Crippen LogP contribution in [0.4, 0.5) is 5.82 Å². The first-order valence-electron chi connectivity index (χ1n) is 7.14. The van der Waals surface area contributed by atoms with Gasteiger partial charge in [0.25, 0.3) is 15.6 Å². The van der Waals surface area contributed by atoms with Crippen molar-refractivity contribution < 1.29 is 127 Å². The number of nitrogens with two attached hydrogens (primary N) is 2. The summed E-state index contributed by atoms with van der Waals surface area (Å²) >= 11 is 0. The van der Waals surface area contributed by atoms with Crippen LogP contribution in [-0.4, -0.2) is 28.3 Å². The first-order valence-corrected chi connectivity index (χ1v) is 11.5. The molecule has 5 unspecified atom stereocenters. The number of phosphoric ester groups is 1. The molecule has 0 radical (unpaired) electrons. The first kappa shape index (κ1) is 37.9. The standard InChI is InChI=1S/C9H17N4O12P3.4Li/c10-5-3-8(13-2-1-7(11)12-9(13)14)23-6(5)4-22-27(18,19)25-28(20,21)24-26(15,16)17;;;;/h1-2,5-6,8H,3-4,10H2,(H,18,19)(H,20,21)(H2,11,12,14)(H2,15,16,17);;;;/q;4*+1/p-4. The monoisotopic (exact) mass is 490 g/mol. The Kier molecular flexibility index (Phi) is 17.6. The van der Waals surface area contributed by atoms with E-state index in [2.05, 4.69) is 18.1 Å². The van der Waals surface area contributed by atoms with E-state index in [1.54, 1.807) is 0 Å². The number of anilines is 1. The molecule has 0 bridgehead atoms. The predicted octanol–water partition coefficient (Wildman–Crippen LogP) is -15.7. The van der Waals surface area contributed by atoms with Crippen molar-refractivity contribution in [1.82, 2.24) is 9.55 Å². The van der Waals surface area contributed by atoms with Gasteiger partial charge in [0.1, 0.15) is 12.0 Å². The molecule has 0 amide bonds. The van der Waals surface area contributed by atoms with Crippen molar-refractivity contribution in [2.24, 2.45) is 5.73 Å². The molecule has 0 saturated carbocycles. The molecule has 1 aliphatic rings. The third kappa shape index (κ3) is 12.4. The van der Waals surface area contributed by atoms with Gasteiger partial charge in [0, 0.05) is 18.7 Å². The molecule has 1 aromatic heterocycles. The number of aromatic nitrogens is 2. The third-order valence-corrected chi connectivity index (χ3v) is 6.91. The fraction of sp³-hybridized carbons (Fsp3) is 0.556. The average molecular weight is 490 g/mol. The summed E-state index contributed by atoms with van der Waals surface area (Å²) in [4.78, 5) is 58.3. The smallest absolute Gasteiger partial charge is 0.790 e. The largest absolute Gasteiger partial charge is 1.00 e. The molecule has 32 heavy (non-hydrogen) atoms. The molecule has 5 atom stereocenters. The van der Waals surface area contributed by atoms with Crippen molar-refractivity contribution in [3.05, 3.63) is 22.7 Å². The maximum absolute atomic E-state index is 11.8. The number of phosphoric acid groups is 3. The van der Waals surface area contributed by atoms with Crippen LogP contribution in [0.25, 0.3) is 0 Å². The van der Waals surface area contributed by atoms with E-state index in [0.717, 1.165) is 4.57 Å². The van der Waals surface area contributed by atoms with Gasteiger partial charge in [0.05, 0.1) is 20.5 Å². The second-order valence-corrected chi connectivity index (χ2v) is 9.62. The van der Waals surface area contributed by atoms with Crippen LogP contribution in [-0.2, 0) is 31.6 Å². The summed E-state index contributed by atoms with van der Waals surface area (Å²) < 4.78 is 50.0. The zero-order valence-corrected chi connectivity index (χ0v) is 20.3. The molecular formula is C9H13Li4N4O12P3. The molecule has 0 aromatic carbocycles. The van der Waals surface area contributed by atoms with Crippen LogP contribution < -0.4 is 112 Å². The Morgan fingerprint density at radius 3 is 2.16 bits per heavy atom. The number of nitrogen functional groups attached to an aromatic ring is 1. The van der Waals surface area contributed by atoms with Gasteiger partial charge in [-0.15, -0.1) is 0 Å². The van der Waals surface area contributed by atoms with Gasteiger partial charge >= 0.3 is 81.1 Å². The summed E-state index contributed by atoms with van der Waals surface area (Å²) in [5.74, 6) is -0.0298. The number of nitrogens with zero attached hydrogens (tertiary/aromatic N) is 2. The summed E-state index contributed by atoms with van der Waals surface area (Å²) in [5, 5.41) is 0. The summed E-state index contributed by atoms with van der Waals surface area (Å²) in [6.07, 6.45) is -0.737. The van der Waals surface area contributed by atoms with Gasteiger partial charge in [-0.05, 0) is 6.07 Å². The maximum atomic E-state index is 11.8. The molecular weight excluding hydrogens is 477 g/mol. The fourth-order valence-corrected chi connectivity index (χ4v) is 5.04. The van der Waals surface area contributed by atoms with Gasteiger partial charge < -0.3 is 44.9 Å². The van der Waals surface area contributed by atoms with Gasteiger partial charge in [0.15, 0.2) is 0 Å². The topological polar surface area (TPSA) is 267 Å². The molecule has 16 nitrogen and oxygen atoms in total. The van der Waals surface area contributed by atoms with E-state index in [1.165, 1.54) is 12.3 Å². The Balaban J connectivity index is -0.00000210. The summed E-state index contributed by atoms with van der Waals surface area (Å²) in [6.45, 7) is -0.845. The summed E-state index contributed by atoms with van der Waals surface area (Å²) in [5.41, 5.74) is 10.4. The molecule has 4 N–H and O–H groups in total. The van der Waals surface area contributed by atoms with E-state index in [1.807, 2.05) is 0 Å². The molecule has 1 saturated heterocycles. The summed E-state index contributed by atoms with van der Waals surface area (Å²) in [6, 6.07) is 0.476. The van der Waals surface area contributed by atoms with Crippen LogP contribution in [0.3, 0.4) is 0 Å². The van der Waals surface area contributed by atoms with E-state index in [-0.39, 0.29) is 87.7 Å². The summed E-state index contributed by atoms with van der Waals surface area (Å²) in [7, 11) is -17.8. The molecule has 2 rings (SSSR count). The second kappa shape index (κ2) is 14.8. The van der Waals surface area contributed by atoms with Crippen LogP contribution in [0.1, 0.15) is 12.6 Å². The van der Waals surface area contributed by atoms with Crippen LogP contribution in [0.2, 0.25) is 0 Å². The minimum atomic E-state index is -6.08. The molecule has 1 aliphatic heterocycles. The molecule has 2 heterocycles. The van der Waals surface area contributed by atoms with E-state index in [0.29, 0.717) is 0 Å². The van der Waals surface area contributed by atoms with E-state index >= 15 is 0 Å². The Bertz CT molecular complexity index is 933. The van der Waals surface area contributed by atoms with Crippen molar-refractivity contribution >= 4 is 29.3 Å². The van der Waals surface area contributed by atoms with Crippen LogP contribution >= 0.6 is 23.5 Å². The Labute approximate surface area is 229 Å². The van der Waals surface area contributed by atoms with E-state index in [4.69, 9.17) is 16.2 Å². The van der Waals surface area contributed by atoms with Gasteiger partial charge in [-0.1, -0.05) is 0 Å². The number of hydrogen-bond donors (Lipinski definition) is 2. The van der Waals surface area contributed by atoms with Gasteiger partial charge in [-0.3, -0.25) is 18.0 Å². The molecule has 1 fully saturated rings. The minimum absolute atomic E-state index is 0. The number of rotatable bonds is 8. The molecule has 0 spiro atoms. The van der Waals surface area contributed by atoms with Crippen LogP contribution in [0.5, 0.6) is 0 Å². The first-order chi connectivity index (χ1) is 12.7. The minimum Gasteiger partial charge on any atom is -0.790 e. The average Bonchev–Trinajstić information content (AvgIpc) is 2.82. The third-order valence-electron chi connectivity index (χ3n) is 3.24. The van der Waals surface area contributed by atoms with Crippen LogP contribution in [0.15, 0.2) is 17.1 Å². The SMILES string of the molecule is Nc1ccn(C2CC(N)C(COP(=O)([O-])OP(=O)([O-])OP(=O)([O-])[O-])O2)c(=O)n1.[Li+].[Li+].[Li+].[Li+]. The molecule has 1 aromatic rings. The molecule has 23 heteroatoms. The van der Waals surface area contributed by atoms with Gasteiger partial charge in [-0.2, -0.15) is 4.98 Å². The zero-order chi connectivity index (χ0) is 21.3. The predicted molar refractivity (Wildman–Crippen MR) is 80.4 cm³/mol. The maximum Gasteiger partial charge on any atom is 1.00 e. The van der Waals surface area contributed by atoms with Crippen molar-refractivity contribution in [3.8, 4) is 0 Å². The number of ether oxygens (including phenoxy) is 1. The van der Waals surface area contributed by atoms with Crippen molar-refractivity contribution in [3.63, 3.8) is 0 Å². The zero-order valence-electron chi connectivity index (χ0n) is 17.6. The molecule has 0 aliphatic carbocycles. The van der Waals surface area contributed by atoms with Crippen molar-refractivity contribution in [1.29, 1.82) is 0 Å². The van der Waals surface area contributed by atoms with Gasteiger partial charge in [-0.25, -0.2) is 9.11 Å². The Morgan fingerprint density at radius 2 is 1.66 bits per heavy atom. The number of hydrogen-bond acceptors (Lipinski definition) is 15. The second-order valence-electron chi connectivity index (χ2n) is 5.37. The van der Waals surface area contributed by atoms with E-state index in [9.17, 15) is 38.1 Å². The van der Waals surface area contributed by atoms with E-state index < -0.39 is 54.1 Å². The van der Waals surface area contributed by atoms with Crippen LogP contribution in [0, 0.1) is 0 Å². The van der Waals surface area contributed by atoms with Gasteiger partial charge in [0.2, 0.25) is 0 Å². The normalized spacial score (nSPS) is 23.8. The van der Waals surface area contributed by atoms with Crippen molar-refractivity contribution in [2.75, 3.05) is 12.3 Å².